The number of unbranched alkanes of at least 4 members (excludes halogenated alkanes) is 1. The molecule has 2 aromatic heterocycles. The molecule has 0 aliphatic carbocycles. The lowest BCUT2D eigenvalue weighted by Gasteiger charge is -2.00. The molecule has 13 heavy (non-hydrogen) atoms. The van der Waals surface area contributed by atoms with Crippen LogP contribution in [-0.4, -0.2) is 14.8 Å². The summed E-state index contributed by atoms with van der Waals surface area (Å²) in [5.41, 5.74) is 2.12. The molecule has 3 nitrogen and oxygen atoms in total. The van der Waals surface area contributed by atoms with Crippen LogP contribution in [0.2, 0.25) is 0 Å². The quantitative estimate of drug-likeness (QED) is 0.716. The molecule has 0 N–H and O–H groups in total. The summed E-state index contributed by atoms with van der Waals surface area (Å²) in [7, 11) is 0. The molecular formula is C10H13N3. The molecule has 0 aliphatic heterocycles. The van der Waals surface area contributed by atoms with Gasteiger partial charge in [-0.3, -0.25) is 9.67 Å². The molecule has 3 heteroatoms. The predicted molar refractivity (Wildman–Crippen MR) is 52.4 cm³/mol. The van der Waals surface area contributed by atoms with Crippen molar-refractivity contribution in [2.45, 2.75) is 26.3 Å². The van der Waals surface area contributed by atoms with Gasteiger partial charge < -0.3 is 0 Å². The van der Waals surface area contributed by atoms with Gasteiger partial charge in [0.2, 0.25) is 0 Å². The van der Waals surface area contributed by atoms with Gasteiger partial charge in [0.15, 0.2) is 0 Å². The van der Waals surface area contributed by atoms with Crippen LogP contribution in [0.3, 0.4) is 0 Å². The van der Waals surface area contributed by atoms with Gasteiger partial charge in [0.25, 0.3) is 0 Å². The third-order valence-corrected chi connectivity index (χ3v) is 2.14. The summed E-state index contributed by atoms with van der Waals surface area (Å²) in [4.78, 5) is 4.23. The van der Waals surface area contributed by atoms with Gasteiger partial charge in [0.1, 0.15) is 5.52 Å². The van der Waals surface area contributed by atoms with Crippen molar-refractivity contribution < 1.29 is 0 Å². The maximum atomic E-state index is 4.29. The average Bonchev–Trinajstić information content (AvgIpc) is 2.58. The molecule has 0 radical (unpaired) electrons. The largest absolute Gasteiger partial charge is 0.263 e. The van der Waals surface area contributed by atoms with Crippen LogP contribution in [0.25, 0.3) is 11.0 Å². The van der Waals surface area contributed by atoms with E-state index in [0.717, 1.165) is 17.6 Å². The molecule has 2 aromatic rings. The van der Waals surface area contributed by atoms with Crippen molar-refractivity contribution in [3.05, 3.63) is 24.5 Å². The van der Waals surface area contributed by atoms with E-state index in [4.69, 9.17) is 0 Å². The number of aryl methyl sites for hydroxylation is 1. The number of rotatable bonds is 3. The first-order valence-corrected chi connectivity index (χ1v) is 4.68. The molecule has 0 atom stereocenters. The van der Waals surface area contributed by atoms with E-state index in [2.05, 4.69) is 23.1 Å². The maximum absolute atomic E-state index is 4.29. The third kappa shape index (κ3) is 1.54. The van der Waals surface area contributed by atoms with Crippen molar-refractivity contribution in [2.24, 2.45) is 0 Å². The smallest absolute Gasteiger partial charge is 0.108 e. The minimum Gasteiger partial charge on any atom is -0.263 e. The normalized spacial score (nSPS) is 10.8. The SMILES string of the molecule is CCCCn1ncc2ncccc21. The first kappa shape index (κ1) is 8.23. The fraction of sp³-hybridized carbons (Fsp3) is 0.400. The minimum atomic E-state index is 0.985. The second-order valence-corrected chi connectivity index (χ2v) is 3.13. The molecule has 0 unspecified atom stereocenters. The van der Waals surface area contributed by atoms with Crippen LogP contribution in [-0.2, 0) is 6.54 Å². The Bertz CT molecular complexity index is 392. The van der Waals surface area contributed by atoms with Crippen LogP contribution in [0.5, 0.6) is 0 Å². The zero-order valence-electron chi connectivity index (χ0n) is 7.77. The molecule has 0 saturated carbocycles. The highest BCUT2D eigenvalue weighted by Crippen LogP contribution is 2.10. The van der Waals surface area contributed by atoms with Gasteiger partial charge in [-0.05, 0) is 18.6 Å². The Hall–Kier alpha value is -1.38. The van der Waals surface area contributed by atoms with E-state index in [1.165, 1.54) is 12.8 Å². The maximum Gasteiger partial charge on any atom is 0.108 e. The molecule has 0 amide bonds. The second-order valence-electron chi connectivity index (χ2n) is 3.13. The molecule has 0 aliphatic rings. The van der Waals surface area contributed by atoms with Crippen LogP contribution in [0.15, 0.2) is 24.5 Å². The lowest BCUT2D eigenvalue weighted by atomic mass is 10.3. The average molecular weight is 175 g/mol. The third-order valence-electron chi connectivity index (χ3n) is 2.14. The topological polar surface area (TPSA) is 30.7 Å². The van der Waals surface area contributed by atoms with Gasteiger partial charge in [0, 0.05) is 12.7 Å². The monoisotopic (exact) mass is 175 g/mol. The Kier molecular flexibility index (Phi) is 2.25. The predicted octanol–water partition coefficient (Wildman–Crippen LogP) is 2.23. The molecule has 0 spiro atoms. The van der Waals surface area contributed by atoms with Gasteiger partial charge in [-0.2, -0.15) is 5.10 Å². The standard InChI is InChI=1S/C10H13N3/c1-2-3-7-13-10-5-4-6-11-9(10)8-12-13/h4-6,8H,2-3,7H2,1H3. The van der Waals surface area contributed by atoms with Crippen molar-refractivity contribution >= 4 is 11.0 Å². The fourth-order valence-corrected chi connectivity index (χ4v) is 1.40. The van der Waals surface area contributed by atoms with E-state index in [1.54, 1.807) is 6.20 Å². The van der Waals surface area contributed by atoms with Gasteiger partial charge in [-0.1, -0.05) is 13.3 Å². The molecule has 0 bridgehead atoms. The van der Waals surface area contributed by atoms with Crippen molar-refractivity contribution in [2.75, 3.05) is 0 Å². The molecule has 2 heterocycles. The molecule has 2 rings (SSSR count). The van der Waals surface area contributed by atoms with Crippen molar-refractivity contribution in [3.63, 3.8) is 0 Å². The number of pyridine rings is 1. The summed E-state index contributed by atoms with van der Waals surface area (Å²) < 4.78 is 2.02. The molecule has 68 valence electrons. The minimum absolute atomic E-state index is 0.985. The zero-order chi connectivity index (χ0) is 9.10. The Balaban J connectivity index is 2.35. The number of hydrogen-bond acceptors (Lipinski definition) is 2. The fourth-order valence-electron chi connectivity index (χ4n) is 1.40. The van der Waals surface area contributed by atoms with Gasteiger partial charge in [0.05, 0.1) is 11.7 Å². The van der Waals surface area contributed by atoms with Crippen LogP contribution in [0.4, 0.5) is 0 Å². The second kappa shape index (κ2) is 3.56. The number of fused-ring (bicyclic) bond motifs is 1. The Morgan fingerprint density at radius 2 is 2.38 bits per heavy atom. The van der Waals surface area contributed by atoms with E-state index in [0.29, 0.717) is 0 Å². The summed E-state index contributed by atoms with van der Waals surface area (Å²) in [5.74, 6) is 0. The highest BCUT2D eigenvalue weighted by atomic mass is 15.3. The zero-order valence-corrected chi connectivity index (χ0v) is 7.77. The number of hydrogen-bond donors (Lipinski definition) is 0. The van der Waals surface area contributed by atoms with Crippen LogP contribution >= 0.6 is 0 Å². The summed E-state index contributed by atoms with van der Waals surface area (Å²) in [6.45, 7) is 3.18. The van der Waals surface area contributed by atoms with Crippen molar-refractivity contribution in [3.8, 4) is 0 Å². The summed E-state index contributed by atoms with van der Waals surface area (Å²) in [6, 6.07) is 4.01. The number of aromatic nitrogens is 3. The molecular weight excluding hydrogens is 162 g/mol. The lowest BCUT2D eigenvalue weighted by molar-refractivity contribution is 0.588. The Labute approximate surface area is 77.4 Å². The molecule has 0 aromatic carbocycles. The van der Waals surface area contributed by atoms with E-state index in [1.807, 2.05) is 16.9 Å². The Morgan fingerprint density at radius 1 is 1.46 bits per heavy atom. The van der Waals surface area contributed by atoms with E-state index in [9.17, 15) is 0 Å². The van der Waals surface area contributed by atoms with Gasteiger partial charge in [-0.25, -0.2) is 0 Å². The highest BCUT2D eigenvalue weighted by Gasteiger charge is 2.00. The summed E-state index contributed by atoms with van der Waals surface area (Å²) in [5, 5.41) is 4.29. The molecule has 0 saturated heterocycles. The van der Waals surface area contributed by atoms with Crippen LogP contribution in [0, 0.1) is 0 Å². The van der Waals surface area contributed by atoms with E-state index in [-0.39, 0.29) is 0 Å². The number of nitrogens with zero attached hydrogens (tertiary/aromatic N) is 3. The Morgan fingerprint density at radius 3 is 3.23 bits per heavy atom. The molecule has 0 fully saturated rings. The van der Waals surface area contributed by atoms with E-state index >= 15 is 0 Å². The van der Waals surface area contributed by atoms with Crippen molar-refractivity contribution in [1.82, 2.24) is 14.8 Å². The summed E-state index contributed by atoms with van der Waals surface area (Å²) >= 11 is 0. The first-order valence-electron chi connectivity index (χ1n) is 4.68. The lowest BCUT2D eigenvalue weighted by Crippen LogP contribution is -1.98. The van der Waals surface area contributed by atoms with Crippen molar-refractivity contribution in [1.29, 1.82) is 0 Å². The van der Waals surface area contributed by atoms with E-state index < -0.39 is 0 Å². The van der Waals surface area contributed by atoms with Gasteiger partial charge in [-0.15, -0.1) is 0 Å². The highest BCUT2D eigenvalue weighted by molar-refractivity contribution is 5.73. The van der Waals surface area contributed by atoms with Gasteiger partial charge >= 0.3 is 0 Å². The van der Waals surface area contributed by atoms with Crippen LogP contribution in [0.1, 0.15) is 19.8 Å². The summed E-state index contributed by atoms with van der Waals surface area (Å²) in [6.07, 6.45) is 5.99. The van der Waals surface area contributed by atoms with Crippen LogP contribution < -0.4 is 0 Å². The first-order chi connectivity index (χ1) is 6.42.